The SMILES string of the molecule is O=C(O)Cc1cccc2c1CC(NS(=O)Oc1ccccc1)C2. The van der Waals surface area contributed by atoms with Crippen LogP contribution < -0.4 is 8.91 Å². The van der Waals surface area contributed by atoms with Crippen molar-refractivity contribution in [2.24, 2.45) is 0 Å². The van der Waals surface area contributed by atoms with Crippen LogP contribution in [0.5, 0.6) is 5.75 Å². The highest BCUT2D eigenvalue weighted by Gasteiger charge is 2.25. The van der Waals surface area contributed by atoms with Crippen LogP contribution in [0, 0.1) is 0 Å². The van der Waals surface area contributed by atoms with E-state index in [-0.39, 0.29) is 12.5 Å². The summed E-state index contributed by atoms with van der Waals surface area (Å²) >= 11 is -1.63. The van der Waals surface area contributed by atoms with E-state index in [2.05, 4.69) is 4.72 Å². The van der Waals surface area contributed by atoms with Crippen molar-refractivity contribution in [1.82, 2.24) is 4.72 Å². The average molecular weight is 331 g/mol. The van der Waals surface area contributed by atoms with Gasteiger partial charge in [0.15, 0.2) is 0 Å². The topological polar surface area (TPSA) is 75.6 Å². The summed E-state index contributed by atoms with van der Waals surface area (Å²) < 4.78 is 20.4. The first-order chi connectivity index (χ1) is 11.1. The third-order valence-electron chi connectivity index (χ3n) is 3.81. The van der Waals surface area contributed by atoms with Crippen molar-refractivity contribution in [3.63, 3.8) is 0 Å². The van der Waals surface area contributed by atoms with Gasteiger partial charge in [-0.2, -0.15) is 4.21 Å². The van der Waals surface area contributed by atoms with Crippen molar-refractivity contribution >= 4 is 17.2 Å². The molecule has 1 aliphatic carbocycles. The minimum absolute atomic E-state index is 0.0134. The average Bonchev–Trinajstić information content (AvgIpc) is 2.91. The molecule has 2 aromatic carbocycles. The lowest BCUT2D eigenvalue weighted by Crippen LogP contribution is -2.33. The zero-order chi connectivity index (χ0) is 16.2. The van der Waals surface area contributed by atoms with Crippen LogP contribution in [0.25, 0.3) is 0 Å². The van der Waals surface area contributed by atoms with Gasteiger partial charge in [-0.25, -0.2) is 4.72 Å². The first-order valence-corrected chi connectivity index (χ1v) is 8.42. The molecule has 6 heteroatoms. The summed E-state index contributed by atoms with van der Waals surface area (Å²) in [6.45, 7) is 0. The van der Waals surface area contributed by atoms with Gasteiger partial charge in [-0.05, 0) is 41.7 Å². The fraction of sp³-hybridized carbons (Fsp3) is 0.235. The Labute approximate surface area is 137 Å². The minimum atomic E-state index is -1.63. The van der Waals surface area contributed by atoms with E-state index in [1.165, 1.54) is 0 Å². The third kappa shape index (κ3) is 3.97. The molecule has 0 aromatic heterocycles. The van der Waals surface area contributed by atoms with Crippen LogP contribution in [-0.4, -0.2) is 21.3 Å². The zero-order valence-corrected chi connectivity index (χ0v) is 13.2. The molecule has 0 fully saturated rings. The maximum Gasteiger partial charge on any atom is 0.307 e. The molecular weight excluding hydrogens is 314 g/mol. The second-order valence-corrected chi connectivity index (χ2v) is 6.35. The van der Waals surface area contributed by atoms with Gasteiger partial charge < -0.3 is 9.29 Å². The van der Waals surface area contributed by atoms with Crippen molar-refractivity contribution in [2.75, 3.05) is 0 Å². The quantitative estimate of drug-likeness (QED) is 0.849. The molecule has 2 N–H and O–H groups in total. The summed E-state index contributed by atoms with van der Waals surface area (Å²) in [6.07, 6.45) is 1.38. The Hall–Kier alpha value is -2.18. The fourth-order valence-corrected chi connectivity index (χ4v) is 3.63. The molecule has 0 spiro atoms. The minimum Gasteiger partial charge on any atom is -0.481 e. The van der Waals surface area contributed by atoms with E-state index in [0.717, 1.165) is 16.7 Å². The second-order valence-electron chi connectivity index (χ2n) is 5.48. The van der Waals surface area contributed by atoms with Gasteiger partial charge in [0.05, 0.1) is 6.42 Å². The van der Waals surface area contributed by atoms with Gasteiger partial charge in [-0.1, -0.05) is 36.4 Å². The number of fused-ring (bicyclic) bond motifs is 1. The van der Waals surface area contributed by atoms with Crippen LogP contribution in [0.2, 0.25) is 0 Å². The summed E-state index contributed by atoms with van der Waals surface area (Å²) in [5, 5.41) is 8.99. The lowest BCUT2D eigenvalue weighted by molar-refractivity contribution is -0.136. The highest BCUT2D eigenvalue weighted by molar-refractivity contribution is 7.78. The molecule has 0 radical (unpaired) electrons. The predicted octanol–water partition coefficient (Wildman–Crippen LogP) is 2.03. The van der Waals surface area contributed by atoms with Gasteiger partial charge in [-0.15, -0.1) is 0 Å². The number of carboxylic acids is 1. The summed E-state index contributed by atoms with van der Waals surface area (Å²) in [4.78, 5) is 10.9. The van der Waals surface area contributed by atoms with E-state index in [1.807, 2.05) is 36.4 Å². The summed E-state index contributed by atoms with van der Waals surface area (Å²) in [7, 11) is 0. The van der Waals surface area contributed by atoms with Gasteiger partial charge in [-0.3, -0.25) is 4.79 Å². The number of hydrogen-bond acceptors (Lipinski definition) is 3. The Kier molecular flexibility index (Phi) is 4.73. The molecule has 2 atom stereocenters. The largest absolute Gasteiger partial charge is 0.481 e. The monoisotopic (exact) mass is 331 g/mol. The smallest absolute Gasteiger partial charge is 0.307 e. The lowest BCUT2D eigenvalue weighted by atomic mass is 10.0. The van der Waals surface area contributed by atoms with Crippen LogP contribution in [0.15, 0.2) is 48.5 Å². The molecule has 0 heterocycles. The Morgan fingerprint density at radius 1 is 1.17 bits per heavy atom. The van der Waals surface area contributed by atoms with Gasteiger partial charge >= 0.3 is 5.97 Å². The Balaban J connectivity index is 1.63. The molecular formula is C17H17NO4S. The molecule has 2 aromatic rings. The van der Waals surface area contributed by atoms with Crippen LogP contribution >= 0.6 is 0 Å². The van der Waals surface area contributed by atoms with E-state index >= 15 is 0 Å². The summed E-state index contributed by atoms with van der Waals surface area (Å²) in [6, 6.07) is 14.7. The first kappa shape index (κ1) is 15.7. The summed E-state index contributed by atoms with van der Waals surface area (Å²) in [5.74, 6) is -0.300. The van der Waals surface area contributed by atoms with Crippen molar-refractivity contribution in [1.29, 1.82) is 0 Å². The van der Waals surface area contributed by atoms with Gasteiger partial charge in [0.25, 0.3) is 11.3 Å². The molecule has 3 rings (SSSR count). The van der Waals surface area contributed by atoms with E-state index in [1.54, 1.807) is 12.1 Å². The molecule has 1 aliphatic rings. The standard InChI is InChI=1S/C17H17NO4S/c19-17(20)10-13-6-4-5-12-9-14(11-16(12)13)18-23(21)22-15-7-2-1-3-8-15/h1-8,14,18H,9-11H2,(H,19,20). The molecule has 2 unspecified atom stereocenters. The Morgan fingerprint density at radius 2 is 1.96 bits per heavy atom. The summed E-state index contributed by atoms with van der Waals surface area (Å²) in [5.41, 5.74) is 2.98. The molecule has 0 aliphatic heterocycles. The molecule has 0 saturated carbocycles. The van der Waals surface area contributed by atoms with E-state index in [4.69, 9.17) is 9.29 Å². The highest BCUT2D eigenvalue weighted by Crippen LogP contribution is 2.26. The molecule has 0 amide bonds. The van der Waals surface area contributed by atoms with Crippen molar-refractivity contribution in [3.05, 3.63) is 65.2 Å². The molecule has 5 nitrogen and oxygen atoms in total. The first-order valence-electron chi connectivity index (χ1n) is 7.34. The highest BCUT2D eigenvalue weighted by atomic mass is 32.2. The van der Waals surface area contributed by atoms with Crippen LogP contribution in [0.4, 0.5) is 0 Å². The maximum absolute atomic E-state index is 12.1. The second kappa shape index (κ2) is 6.93. The fourth-order valence-electron chi connectivity index (χ4n) is 2.86. The normalized spacial score (nSPS) is 17.5. The molecule has 120 valence electrons. The van der Waals surface area contributed by atoms with Crippen LogP contribution in [0.3, 0.4) is 0 Å². The van der Waals surface area contributed by atoms with E-state index < -0.39 is 17.2 Å². The van der Waals surface area contributed by atoms with E-state index in [0.29, 0.717) is 18.6 Å². The number of carboxylic acid groups (broad SMARTS) is 1. The number of para-hydroxylation sites is 1. The van der Waals surface area contributed by atoms with E-state index in [9.17, 15) is 9.00 Å². The Morgan fingerprint density at radius 3 is 2.70 bits per heavy atom. The molecule has 0 saturated heterocycles. The number of hydrogen-bond donors (Lipinski definition) is 2. The number of aliphatic carboxylic acids is 1. The van der Waals surface area contributed by atoms with Gasteiger partial charge in [0.2, 0.25) is 0 Å². The van der Waals surface area contributed by atoms with Crippen molar-refractivity contribution in [2.45, 2.75) is 25.3 Å². The van der Waals surface area contributed by atoms with Gasteiger partial charge in [0, 0.05) is 6.04 Å². The predicted molar refractivity (Wildman–Crippen MR) is 87.3 cm³/mol. The number of benzene rings is 2. The van der Waals surface area contributed by atoms with Gasteiger partial charge in [0.1, 0.15) is 5.75 Å². The van der Waals surface area contributed by atoms with Crippen LogP contribution in [0.1, 0.15) is 16.7 Å². The number of rotatable bonds is 6. The Bertz CT molecular complexity index is 733. The number of nitrogens with one attached hydrogen (secondary N) is 1. The number of carbonyl (C=O) groups is 1. The molecule has 23 heavy (non-hydrogen) atoms. The maximum atomic E-state index is 12.1. The lowest BCUT2D eigenvalue weighted by Gasteiger charge is -2.11. The van der Waals surface area contributed by atoms with Crippen LogP contribution in [-0.2, 0) is 35.3 Å². The third-order valence-corrected chi connectivity index (χ3v) is 4.68. The zero-order valence-electron chi connectivity index (χ0n) is 12.4. The van der Waals surface area contributed by atoms with Crippen molar-refractivity contribution < 1.29 is 18.3 Å². The molecule has 0 bridgehead atoms. The van der Waals surface area contributed by atoms with Crippen molar-refractivity contribution in [3.8, 4) is 5.75 Å².